The van der Waals surface area contributed by atoms with Crippen molar-refractivity contribution < 1.29 is 27.2 Å². The minimum atomic E-state index is -4.01. The highest BCUT2D eigenvalue weighted by molar-refractivity contribution is 7.85. The van der Waals surface area contributed by atoms with Crippen LogP contribution in [0.5, 0.6) is 0 Å². The Morgan fingerprint density at radius 2 is 2.08 bits per heavy atom. The van der Waals surface area contributed by atoms with Gasteiger partial charge in [0.2, 0.25) is 0 Å². The van der Waals surface area contributed by atoms with E-state index in [1.165, 1.54) is 0 Å². The van der Waals surface area contributed by atoms with Gasteiger partial charge >= 0.3 is 5.97 Å². The SMILES string of the molecule is CCOC(=O)COCCS(=O)(=O)O. The first kappa shape index (κ1) is 12.3. The van der Waals surface area contributed by atoms with Crippen molar-refractivity contribution in [1.29, 1.82) is 0 Å². The Kier molecular flexibility index (Phi) is 5.60. The third-order valence-corrected chi connectivity index (χ3v) is 1.69. The van der Waals surface area contributed by atoms with Gasteiger partial charge in [-0.1, -0.05) is 0 Å². The number of rotatable bonds is 6. The fourth-order valence-corrected chi connectivity index (χ4v) is 0.851. The normalized spacial score (nSPS) is 11.2. The van der Waals surface area contributed by atoms with Gasteiger partial charge in [-0.2, -0.15) is 8.42 Å². The number of esters is 1. The van der Waals surface area contributed by atoms with Crippen molar-refractivity contribution in [1.82, 2.24) is 0 Å². The van der Waals surface area contributed by atoms with Crippen LogP contribution in [0.2, 0.25) is 0 Å². The average Bonchev–Trinajstić information content (AvgIpc) is 1.97. The Bertz CT molecular complexity index is 244. The molecule has 0 heterocycles. The summed E-state index contributed by atoms with van der Waals surface area (Å²) in [5.74, 6) is -1.08. The molecule has 0 aliphatic rings. The molecule has 0 aliphatic carbocycles. The van der Waals surface area contributed by atoms with Crippen LogP contribution in [0.3, 0.4) is 0 Å². The average molecular weight is 212 g/mol. The van der Waals surface area contributed by atoms with Crippen molar-refractivity contribution in [3.8, 4) is 0 Å². The Hall–Kier alpha value is -0.660. The van der Waals surface area contributed by atoms with E-state index in [0.717, 1.165) is 0 Å². The predicted octanol–water partition coefficient (Wildman–Crippen LogP) is -0.546. The Morgan fingerprint density at radius 3 is 2.54 bits per heavy atom. The van der Waals surface area contributed by atoms with Crippen molar-refractivity contribution >= 4 is 16.1 Å². The largest absolute Gasteiger partial charge is 0.464 e. The summed E-state index contributed by atoms with van der Waals surface area (Å²) in [5.41, 5.74) is 0. The maximum absolute atomic E-state index is 10.6. The van der Waals surface area contributed by atoms with Gasteiger partial charge in [0.25, 0.3) is 10.1 Å². The van der Waals surface area contributed by atoms with Crippen LogP contribution in [0.4, 0.5) is 0 Å². The molecular weight excluding hydrogens is 200 g/mol. The number of ether oxygens (including phenoxy) is 2. The lowest BCUT2D eigenvalue weighted by molar-refractivity contribution is -0.148. The van der Waals surface area contributed by atoms with Crippen LogP contribution >= 0.6 is 0 Å². The number of hydrogen-bond acceptors (Lipinski definition) is 5. The molecule has 0 unspecified atom stereocenters. The highest BCUT2D eigenvalue weighted by Gasteiger charge is 2.05. The van der Waals surface area contributed by atoms with E-state index in [-0.39, 0.29) is 19.8 Å². The summed E-state index contributed by atoms with van der Waals surface area (Å²) in [4.78, 5) is 10.6. The first-order valence-electron chi connectivity index (χ1n) is 3.64. The second kappa shape index (κ2) is 5.90. The van der Waals surface area contributed by atoms with Crippen molar-refractivity contribution in [3.05, 3.63) is 0 Å². The summed E-state index contributed by atoms with van der Waals surface area (Å²) in [7, 11) is -4.01. The zero-order chi connectivity index (χ0) is 10.3. The summed E-state index contributed by atoms with van der Waals surface area (Å²) >= 11 is 0. The Morgan fingerprint density at radius 1 is 1.46 bits per heavy atom. The van der Waals surface area contributed by atoms with Crippen LogP contribution in [0.25, 0.3) is 0 Å². The van der Waals surface area contributed by atoms with Crippen molar-refractivity contribution in [2.75, 3.05) is 25.6 Å². The van der Waals surface area contributed by atoms with Gasteiger partial charge in [-0.3, -0.25) is 4.55 Å². The molecule has 78 valence electrons. The maximum Gasteiger partial charge on any atom is 0.332 e. The fourth-order valence-electron chi connectivity index (χ4n) is 0.522. The number of hydrogen-bond donors (Lipinski definition) is 1. The van der Waals surface area contributed by atoms with Gasteiger partial charge in [-0.05, 0) is 6.92 Å². The van der Waals surface area contributed by atoms with Crippen LogP contribution in [-0.4, -0.2) is 44.5 Å². The van der Waals surface area contributed by atoms with Crippen LogP contribution in [0, 0.1) is 0 Å². The Balaban J connectivity index is 3.41. The minimum absolute atomic E-state index is 0.225. The maximum atomic E-state index is 10.6. The molecule has 0 spiro atoms. The highest BCUT2D eigenvalue weighted by atomic mass is 32.2. The van der Waals surface area contributed by atoms with Gasteiger partial charge in [0.05, 0.1) is 19.0 Å². The van der Waals surface area contributed by atoms with E-state index >= 15 is 0 Å². The molecule has 0 saturated heterocycles. The summed E-state index contributed by atoms with van der Waals surface area (Å²) in [6.07, 6.45) is 0. The first-order valence-corrected chi connectivity index (χ1v) is 5.25. The summed E-state index contributed by atoms with van der Waals surface area (Å²) in [5, 5.41) is 0. The van der Waals surface area contributed by atoms with Gasteiger partial charge in [0.15, 0.2) is 0 Å². The quantitative estimate of drug-likeness (QED) is 0.361. The Labute approximate surface area is 76.6 Å². The van der Waals surface area contributed by atoms with Crippen LogP contribution in [-0.2, 0) is 24.4 Å². The third kappa shape index (κ3) is 9.25. The zero-order valence-corrected chi connectivity index (χ0v) is 8.04. The van der Waals surface area contributed by atoms with E-state index in [2.05, 4.69) is 9.47 Å². The molecule has 6 nitrogen and oxygen atoms in total. The smallest absolute Gasteiger partial charge is 0.332 e. The lowest BCUT2D eigenvalue weighted by Crippen LogP contribution is -2.17. The minimum Gasteiger partial charge on any atom is -0.464 e. The molecule has 0 aromatic heterocycles. The zero-order valence-electron chi connectivity index (χ0n) is 7.23. The van der Waals surface area contributed by atoms with E-state index in [1.807, 2.05) is 0 Å². The summed E-state index contributed by atoms with van der Waals surface area (Å²) in [6.45, 7) is 1.37. The molecule has 0 saturated carbocycles. The van der Waals surface area contributed by atoms with Crippen LogP contribution < -0.4 is 0 Å². The standard InChI is InChI=1S/C6H12O6S/c1-2-12-6(7)5-11-3-4-13(8,9)10/h2-5H2,1H3,(H,8,9,10). The van der Waals surface area contributed by atoms with E-state index in [0.29, 0.717) is 0 Å². The number of carbonyl (C=O) groups is 1. The van der Waals surface area contributed by atoms with Gasteiger partial charge < -0.3 is 9.47 Å². The van der Waals surface area contributed by atoms with Gasteiger partial charge in [0.1, 0.15) is 6.61 Å². The monoisotopic (exact) mass is 212 g/mol. The molecule has 0 bridgehead atoms. The fraction of sp³-hybridized carbons (Fsp3) is 0.833. The molecule has 0 amide bonds. The van der Waals surface area contributed by atoms with Crippen molar-refractivity contribution in [2.45, 2.75) is 6.92 Å². The number of carbonyl (C=O) groups excluding carboxylic acids is 1. The summed E-state index contributed by atoms with van der Waals surface area (Å²) in [6, 6.07) is 0. The predicted molar refractivity (Wildman–Crippen MR) is 43.9 cm³/mol. The third-order valence-electron chi connectivity index (χ3n) is 1.01. The molecular formula is C6H12O6S. The molecule has 7 heteroatoms. The molecule has 0 fully saturated rings. The van der Waals surface area contributed by atoms with Crippen LogP contribution in [0.15, 0.2) is 0 Å². The lowest BCUT2D eigenvalue weighted by Gasteiger charge is -2.02. The second-order valence-electron chi connectivity index (χ2n) is 2.14. The van der Waals surface area contributed by atoms with E-state index in [1.54, 1.807) is 6.92 Å². The van der Waals surface area contributed by atoms with E-state index < -0.39 is 21.8 Å². The molecule has 0 rings (SSSR count). The van der Waals surface area contributed by atoms with E-state index in [4.69, 9.17) is 4.55 Å². The van der Waals surface area contributed by atoms with Gasteiger partial charge in [-0.25, -0.2) is 4.79 Å². The van der Waals surface area contributed by atoms with Crippen molar-refractivity contribution in [2.24, 2.45) is 0 Å². The van der Waals surface area contributed by atoms with Crippen molar-refractivity contribution in [3.63, 3.8) is 0 Å². The molecule has 13 heavy (non-hydrogen) atoms. The van der Waals surface area contributed by atoms with Crippen LogP contribution in [0.1, 0.15) is 6.92 Å². The molecule has 0 aliphatic heterocycles. The molecule has 0 radical (unpaired) electrons. The molecule has 1 N–H and O–H groups in total. The topological polar surface area (TPSA) is 89.9 Å². The molecule has 0 atom stereocenters. The molecule has 0 aromatic rings. The lowest BCUT2D eigenvalue weighted by atomic mass is 10.7. The first-order chi connectivity index (χ1) is 5.95. The summed E-state index contributed by atoms with van der Waals surface area (Å²) < 4.78 is 37.7. The van der Waals surface area contributed by atoms with Gasteiger partial charge in [0, 0.05) is 0 Å². The highest BCUT2D eigenvalue weighted by Crippen LogP contribution is 1.85. The molecule has 0 aromatic carbocycles. The van der Waals surface area contributed by atoms with E-state index in [9.17, 15) is 13.2 Å². The second-order valence-corrected chi connectivity index (χ2v) is 3.72. The van der Waals surface area contributed by atoms with Gasteiger partial charge in [-0.15, -0.1) is 0 Å².